The van der Waals surface area contributed by atoms with Crippen LogP contribution in [0.3, 0.4) is 0 Å². The van der Waals surface area contributed by atoms with Gasteiger partial charge in [-0.05, 0) is 13.3 Å². The topological polar surface area (TPSA) is 38.5 Å². The van der Waals surface area contributed by atoms with Gasteiger partial charge < -0.3 is 15.4 Å². The molecule has 1 aliphatic heterocycles. The fraction of sp³-hybridized carbons (Fsp3) is 1.00. The predicted molar refractivity (Wildman–Crippen MR) is 45.5 cm³/mol. The molecule has 0 bridgehead atoms. The summed E-state index contributed by atoms with van der Waals surface area (Å²) in [7, 11) is 0. The van der Waals surface area contributed by atoms with Crippen molar-refractivity contribution in [2.45, 2.75) is 19.4 Å². The Bertz CT molecular complexity index is 102. The molecule has 1 aliphatic rings. The van der Waals surface area contributed by atoms with Crippen molar-refractivity contribution < 1.29 is 4.74 Å². The summed E-state index contributed by atoms with van der Waals surface area (Å²) in [6, 6.07) is 0.432. The average Bonchev–Trinajstić information content (AvgIpc) is 1.94. The van der Waals surface area contributed by atoms with Crippen LogP contribution >= 0.6 is 0 Å². The molecule has 3 heteroatoms. The zero-order valence-electron chi connectivity index (χ0n) is 7.25. The van der Waals surface area contributed by atoms with Crippen LogP contribution in [0.5, 0.6) is 0 Å². The molecule has 1 saturated heterocycles. The van der Waals surface area contributed by atoms with E-state index in [0.717, 1.165) is 39.3 Å². The number of likely N-dealkylation sites (tertiary alicyclic amines) is 1. The Labute approximate surface area is 68.5 Å². The molecule has 0 amide bonds. The van der Waals surface area contributed by atoms with E-state index in [1.54, 1.807) is 0 Å². The Hall–Kier alpha value is -0.120. The van der Waals surface area contributed by atoms with E-state index in [-0.39, 0.29) is 0 Å². The highest BCUT2D eigenvalue weighted by atomic mass is 16.5. The largest absolute Gasteiger partial charge is 0.382 e. The summed E-state index contributed by atoms with van der Waals surface area (Å²) in [5.74, 6) is 0. The fourth-order valence-corrected chi connectivity index (χ4v) is 1.33. The van der Waals surface area contributed by atoms with Gasteiger partial charge in [-0.3, -0.25) is 0 Å². The Kier molecular flexibility index (Phi) is 3.83. The summed E-state index contributed by atoms with van der Waals surface area (Å²) in [4.78, 5) is 2.36. The van der Waals surface area contributed by atoms with Crippen molar-refractivity contribution in [1.29, 1.82) is 0 Å². The van der Waals surface area contributed by atoms with Gasteiger partial charge in [0.2, 0.25) is 0 Å². The summed E-state index contributed by atoms with van der Waals surface area (Å²) in [6.45, 7) is 7.05. The van der Waals surface area contributed by atoms with Gasteiger partial charge in [-0.2, -0.15) is 0 Å². The number of hydrogen-bond donors (Lipinski definition) is 1. The molecule has 66 valence electrons. The van der Waals surface area contributed by atoms with Crippen LogP contribution in [0, 0.1) is 0 Å². The molecule has 2 N–H and O–H groups in total. The standard InChI is InChI=1S/C8H18N2O/c1-2-11-5-3-4-10-6-8(9)7-10/h8H,2-7,9H2,1H3. The van der Waals surface area contributed by atoms with E-state index in [1.165, 1.54) is 0 Å². The lowest BCUT2D eigenvalue weighted by Crippen LogP contribution is -2.55. The van der Waals surface area contributed by atoms with Gasteiger partial charge in [-0.15, -0.1) is 0 Å². The smallest absolute Gasteiger partial charge is 0.0478 e. The molecular formula is C8H18N2O. The maximum atomic E-state index is 5.63. The number of rotatable bonds is 5. The van der Waals surface area contributed by atoms with Crippen molar-refractivity contribution in [2.75, 3.05) is 32.8 Å². The van der Waals surface area contributed by atoms with Gasteiger partial charge in [0, 0.05) is 38.9 Å². The minimum absolute atomic E-state index is 0.432. The monoisotopic (exact) mass is 158 g/mol. The Morgan fingerprint density at radius 1 is 1.55 bits per heavy atom. The minimum atomic E-state index is 0.432. The van der Waals surface area contributed by atoms with Gasteiger partial charge in [-0.25, -0.2) is 0 Å². The van der Waals surface area contributed by atoms with Gasteiger partial charge in [-0.1, -0.05) is 0 Å². The Morgan fingerprint density at radius 3 is 2.82 bits per heavy atom. The molecule has 11 heavy (non-hydrogen) atoms. The van der Waals surface area contributed by atoms with Crippen LogP contribution in [-0.4, -0.2) is 43.8 Å². The first-order valence-corrected chi connectivity index (χ1v) is 4.38. The summed E-state index contributed by atoms with van der Waals surface area (Å²) < 4.78 is 5.22. The van der Waals surface area contributed by atoms with E-state index < -0.39 is 0 Å². The summed E-state index contributed by atoms with van der Waals surface area (Å²) in [5, 5.41) is 0. The first-order chi connectivity index (χ1) is 5.33. The molecular weight excluding hydrogens is 140 g/mol. The maximum absolute atomic E-state index is 5.63. The van der Waals surface area contributed by atoms with Crippen LogP contribution in [0.1, 0.15) is 13.3 Å². The maximum Gasteiger partial charge on any atom is 0.0478 e. The quantitative estimate of drug-likeness (QED) is 0.575. The normalized spacial score (nSPS) is 20.2. The zero-order chi connectivity index (χ0) is 8.10. The number of nitrogens with two attached hydrogens (primary N) is 1. The molecule has 3 nitrogen and oxygen atoms in total. The molecule has 0 atom stereocenters. The summed E-state index contributed by atoms with van der Waals surface area (Å²) in [5.41, 5.74) is 5.63. The lowest BCUT2D eigenvalue weighted by Gasteiger charge is -2.36. The van der Waals surface area contributed by atoms with Crippen LogP contribution < -0.4 is 5.73 Å². The fourth-order valence-electron chi connectivity index (χ4n) is 1.33. The van der Waals surface area contributed by atoms with Crippen molar-refractivity contribution in [3.63, 3.8) is 0 Å². The number of nitrogens with zero attached hydrogens (tertiary/aromatic N) is 1. The van der Waals surface area contributed by atoms with Gasteiger partial charge in [0.25, 0.3) is 0 Å². The Balaban J connectivity index is 1.81. The van der Waals surface area contributed by atoms with Crippen molar-refractivity contribution >= 4 is 0 Å². The van der Waals surface area contributed by atoms with E-state index in [9.17, 15) is 0 Å². The number of ether oxygens (including phenoxy) is 1. The highest BCUT2D eigenvalue weighted by molar-refractivity contribution is 4.81. The SMILES string of the molecule is CCOCCCN1CC(N)C1. The van der Waals surface area contributed by atoms with Crippen LogP contribution in [0.2, 0.25) is 0 Å². The minimum Gasteiger partial charge on any atom is -0.382 e. The molecule has 0 saturated carbocycles. The second-order valence-electron chi connectivity index (χ2n) is 3.07. The molecule has 0 spiro atoms. The lowest BCUT2D eigenvalue weighted by molar-refractivity contribution is 0.105. The van der Waals surface area contributed by atoms with Crippen molar-refractivity contribution in [3.05, 3.63) is 0 Å². The van der Waals surface area contributed by atoms with Crippen molar-refractivity contribution in [1.82, 2.24) is 4.90 Å². The third kappa shape index (κ3) is 3.18. The predicted octanol–water partition coefficient (Wildman–Crippen LogP) is 0.0559. The van der Waals surface area contributed by atoms with E-state index in [0.29, 0.717) is 6.04 Å². The van der Waals surface area contributed by atoms with Crippen molar-refractivity contribution in [2.24, 2.45) is 5.73 Å². The third-order valence-corrected chi connectivity index (χ3v) is 1.95. The zero-order valence-corrected chi connectivity index (χ0v) is 7.25. The molecule has 0 aromatic heterocycles. The van der Waals surface area contributed by atoms with E-state index >= 15 is 0 Å². The molecule has 0 radical (unpaired) electrons. The number of hydrogen-bond acceptors (Lipinski definition) is 3. The van der Waals surface area contributed by atoms with Gasteiger partial charge in [0.05, 0.1) is 0 Å². The average molecular weight is 158 g/mol. The van der Waals surface area contributed by atoms with Gasteiger partial charge >= 0.3 is 0 Å². The Morgan fingerprint density at radius 2 is 2.27 bits per heavy atom. The van der Waals surface area contributed by atoms with E-state index in [1.807, 2.05) is 6.92 Å². The third-order valence-electron chi connectivity index (χ3n) is 1.95. The second kappa shape index (κ2) is 4.70. The first-order valence-electron chi connectivity index (χ1n) is 4.38. The highest BCUT2D eigenvalue weighted by Gasteiger charge is 2.21. The van der Waals surface area contributed by atoms with E-state index in [2.05, 4.69) is 4.90 Å². The molecule has 0 unspecified atom stereocenters. The van der Waals surface area contributed by atoms with Gasteiger partial charge in [0.15, 0.2) is 0 Å². The van der Waals surface area contributed by atoms with Gasteiger partial charge in [0.1, 0.15) is 0 Å². The summed E-state index contributed by atoms with van der Waals surface area (Å²) >= 11 is 0. The van der Waals surface area contributed by atoms with Crippen LogP contribution in [0.25, 0.3) is 0 Å². The molecule has 0 aromatic rings. The molecule has 1 heterocycles. The van der Waals surface area contributed by atoms with Crippen molar-refractivity contribution in [3.8, 4) is 0 Å². The molecule has 1 rings (SSSR count). The molecule has 1 fully saturated rings. The molecule has 0 aromatic carbocycles. The molecule has 0 aliphatic carbocycles. The lowest BCUT2D eigenvalue weighted by atomic mass is 10.1. The summed E-state index contributed by atoms with van der Waals surface area (Å²) in [6.07, 6.45) is 1.14. The van der Waals surface area contributed by atoms with Crippen LogP contribution in [-0.2, 0) is 4.74 Å². The second-order valence-corrected chi connectivity index (χ2v) is 3.07. The van der Waals surface area contributed by atoms with Crippen LogP contribution in [0.15, 0.2) is 0 Å². The van der Waals surface area contributed by atoms with Crippen LogP contribution in [0.4, 0.5) is 0 Å². The first kappa shape index (κ1) is 8.97. The van der Waals surface area contributed by atoms with E-state index in [4.69, 9.17) is 10.5 Å². The highest BCUT2D eigenvalue weighted by Crippen LogP contribution is 2.04.